The molecule has 2 amide bonds. The molecule has 26 heavy (non-hydrogen) atoms. The molecule has 1 fully saturated rings. The number of hydrogen-bond acceptors (Lipinski definition) is 2. The van der Waals surface area contributed by atoms with Gasteiger partial charge in [-0.1, -0.05) is 36.1 Å². The first-order valence-corrected chi connectivity index (χ1v) is 8.41. The van der Waals surface area contributed by atoms with E-state index in [1.807, 2.05) is 18.7 Å². The zero-order chi connectivity index (χ0) is 17.0. The van der Waals surface area contributed by atoms with Crippen LogP contribution in [0.25, 0.3) is 0 Å². The van der Waals surface area contributed by atoms with Crippen molar-refractivity contribution in [2.75, 3.05) is 40.8 Å². The first-order chi connectivity index (χ1) is 10.0. The molecule has 1 N–H and O–H groups in total. The van der Waals surface area contributed by atoms with Gasteiger partial charge in [0.2, 0.25) is 11.8 Å². The van der Waals surface area contributed by atoms with E-state index in [9.17, 15) is 9.59 Å². The molecule has 0 bridgehead atoms. The lowest BCUT2D eigenvalue weighted by atomic mass is 9.84. The third-order valence-electron chi connectivity index (χ3n) is 4.35. The van der Waals surface area contributed by atoms with Gasteiger partial charge in [0.1, 0.15) is 0 Å². The summed E-state index contributed by atoms with van der Waals surface area (Å²) in [6, 6.07) is 0.127. The molecule has 1 heterocycles. The monoisotopic (exact) mass is 395 g/mol. The lowest BCUT2D eigenvalue weighted by molar-refractivity contribution is -0.870. The second-order valence-corrected chi connectivity index (χ2v) is 8.25. The molecule has 0 aromatic rings. The van der Waals surface area contributed by atoms with Gasteiger partial charge in [0.05, 0.1) is 27.7 Å². The van der Waals surface area contributed by atoms with Gasteiger partial charge in [0.15, 0.2) is 0 Å². The summed E-state index contributed by atoms with van der Waals surface area (Å²) >= 11 is 0. The molecule has 160 valence electrons. The maximum atomic E-state index is 12.4. The Bertz CT molecular complexity index is 406. The zero-order valence-corrected chi connectivity index (χ0v) is 16.4. The Hall–Kier alpha value is -0.810. The van der Waals surface area contributed by atoms with E-state index < -0.39 is 5.41 Å². The van der Waals surface area contributed by atoms with Crippen molar-refractivity contribution in [3.05, 3.63) is 0 Å². The molecule has 0 aromatic heterocycles. The van der Waals surface area contributed by atoms with E-state index in [-0.39, 0.29) is 52.5 Å². The number of carbonyl (C=O) groups is 2. The molecule has 0 spiro atoms. The Morgan fingerprint density at radius 1 is 1.23 bits per heavy atom. The van der Waals surface area contributed by atoms with Crippen LogP contribution in [-0.4, -0.2) is 68.0 Å². The molecule has 1 aliphatic rings. The molecule has 1 rings (SSSR count). The van der Waals surface area contributed by atoms with E-state index in [0.29, 0.717) is 12.8 Å². The Morgan fingerprint density at radius 3 is 2.19 bits per heavy atom. The molecule has 6 heteroatoms. The molecular weight excluding hydrogens is 350 g/mol. The van der Waals surface area contributed by atoms with Crippen molar-refractivity contribution in [1.29, 1.82) is 0 Å². The lowest BCUT2D eigenvalue weighted by Gasteiger charge is -2.32. The van der Waals surface area contributed by atoms with Gasteiger partial charge in [-0.3, -0.25) is 9.59 Å². The summed E-state index contributed by atoms with van der Waals surface area (Å²) < 4.78 is 0.910. The van der Waals surface area contributed by atoms with E-state index in [1.165, 1.54) is 0 Å². The maximum Gasteiger partial charge on any atom is 0.225 e. The second kappa shape index (κ2) is 13.4. The van der Waals surface area contributed by atoms with E-state index >= 15 is 0 Å². The van der Waals surface area contributed by atoms with Crippen LogP contribution in [0.15, 0.2) is 0 Å². The van der Waals surface area contributed by atoms with Crippen molar-refractivity contribution >= 4 is 11.8 Å². The first-order valence-electron chi connectivity index (χ1n) is 8.41. The third kappa shape index (κ3) is 11.0. The number of quaternary nitrogens is 1. The summed E-state index contributed by atoms with van der Waals surface area (Å²) in [6.45, 7) is 8.59. The summed E-state index contributed by atoms with van der Waals surface area (Å²) in [7, 11) is 6.46. The van der Waals surface area contributed by atoms with Crippen LogP contribution >= 0.6 is 0 Å². The highest BCUT2D eigenvalue weighted by Crippen LogP contribution is 2.27. The molecule has 1 unspecified atom stereocenters. The molecule has 1 aliphatic heterocycles. The van der Waals surface area contributed by atoms with Gasteiger partial charge in [0.25, 0.3) is 0 Å². The Balaban J connectivity index is -0.000000605. The van der Waals surface area contributed by atoms with Crippen molar-refractivity contribution in [3.63, 3.8) is 0 Å². The Kier molecular flexibility index (Phi) is 16.9. The van der Waals surface area contributed by atoms with Crippen LogP contribution in [0.1, 0.15) is 68.7 Å². The molecule has 0 aliphatic carbocycles. The van der Waals surface area contributed by atoms with Gasteiger partial charge < -0.3 is 27.1 Å². The zero-order valence-electron chi connectivity index (χ0n) is 15.6. The first kappa shape index (κ1) is 32.8. The maximum absolute atomic E-state index is 12.4. The highest BCUT2D eigenvalue weighted by atomic mass is 35.5. The number of nitrogens with one attached hydrogen (secondary N) is 1. The summed E-state index contributed by atoms with van der Waals surface area (Å²) in [5.74, 6) is 0.319. The Morgan fingerprint density at radius 2 is 1.77 bits per heavy atom. The predicted molar refractivity (Wildman–Crippen MR) is 110 cm³/mol. The predicted octanol–water partition coefficient (Wildman–Crippen LogP) is 0.538. The molecular formula is C20H46ClN3O2. The van der Waals surface area contributed by atoms with E-state index in [1.54, 1.807) is 0 Å². The average molecular weight is 396 g/mol. The number of amides is 2. The number of rotatable bonds is 8. The quantitative estimate of drug-likeness (QED) is 0.481. The van der Waals surface area contributed by atoms with Gasteiger partial charge in [-0.2, -0.15) is 0 Å². The summed E-state index contributed by atoms with van der Waals surface area (Å²) in [5, 5.41) is 3.05. The molecule has 1 atom stereocenters. The molecule has 0 saturated carbocycles. The van der Waals surface area contributed by atoms with Gasteiger partial charge in [-0.25, -0.2) is 0 Å². The summed E-state index contributed by atoms with van der Waals surface area (Å²) in [5.41, 5.74) is -0.446. The van der Waals surface area contributed by atoms with Crippen molar-refractivity contribution in [1.82, 2.24) is 10.2 Å². The third-order valence-corrected chi connectivity index (χ3v) is 4.35. The van der Waals surface area contributed by atoms with Crippen molar-refractivity contribution in [3.8, 4) is 0 Å². The van der Waals surface area contributed by atoms with Crippen molar-refractivity contribution in [2.24, 2.45) is 5.41 Å². The minimum atomic E-state index is -0.446. The van der Waals surface area contributed by atoms with Gasteiger partial charge >= 0.3 is 0 Å². The number of nitrogens with zero attached hydrogens (tertiary/aromatic N) is 2. The van der Waals surface area contributed by atoms with Gasteiger partial charge in [0, 0.05) is 37.4 Å². The van der Waals surface area contributed by atoms with Crippen LogP contribution in [0.3, 0.4) is 0 Å². The average Bonchev–Trinajstić information content (AvgIpc) is 2.79. The number of halogens is 1. The van der Waals surface area contributed by atoms with Crippen LogP contribution in [0.4, 0.5) is 0 Å². The summed E-state index contributed by atoms with van der Waals surface area (Å²) in [6.07, 6.45) is 3.29. The number of likely N-dealkylation sites (tertiary alicyclic amines) is 1. The lowest BCUT2D eigenvalue weighted by Crippen LogP contribution is -3.00. The minimum absolute atomic E-state index is 0. The SMILES string of the molecule is C.C.C.CC(CC(C)(C)C(=O)NCCC[N+](C)(C)C)N1CCCC1=O.[Cl-]. The molecule has 0 aromatic carbocycles. The van der Waals surface area contributed by atoms with Crippen LogP contribution in [0, 0.1) is 5.41 Å². The van der Waals surface area contributed by atoms with Gasteiger partial charge in [-0.05, 0) is 19.8 Å². The smallest absolute Gasteiger partial charge is 0.225 e. The fraction of sp³-hybridized carbons (Fsp3) is 0.900. The van der Waals surface area contributed by atoms with Crippen LogP contribution in [0.2, 0.25) is 0 Å². The summed E-state index contributed by atoms with van der Waals surface area (Å²) in [4.78, 5) is 26.1. The van der Waals surface area contributed by atoms with Crippen molar-refractivity contribution in [2.45, 2.75) is 74.8 Å². The van der Waals surface area contributed by atoms with Crippen LogP contribution in [0.5, 0.6) is 0 Å². The largest absolute Gasteiger partial charge is 1.00 e. The normalized spacial score (nSPS) is 15.0. The van der Waals surface area contributed by atoms with Gasteiger partial charge in [-0.15, -0.1) is 0 Å². The second-order valence-electron chi connectivity index (χ2n) is 8.25. The van der Waals surface area contributed by atoms with Crippen molar-refractivity contribution < 1.29 is 26.5 Å². The molecule has 5 nitrogen and oxygen atoms in total. The molecule has 0 radical (unpaired) electrons. The Labute approximate surface area is 169 Å². The number of hydrogen-bond donors (Lipinski definition) is 1. The fourth-order valence-electron chi connectivity index (χ4n) is 3.07. The standard InChI is InChI=1S/C17H33N3O2.3CH4.ClH/c1-14(19-11-7-9-15(19)21)13-17(2,3)16(22)18-10-8-12-20(4,5)6;;;;/h14H,7-13H2,1-6H3;3*1H4;1H. The molecule has 1 saturated heterocycles. The topological polar surface area (TPSA) is 49.4 Å². The highest BCUT2D eigenvalue weighted by molar-refractivity contribution is 5.82. The minimum Gasteiger partial charge on any atom is -1.00 e. The number of carbonyl (C=O) groups excluding carboxylic acids is 2. The van der Waals surface area contributed by atoms with Crippen LogP contribution < -0.4 is 17.7 Å². The fourth-order valence-corrected chi connectivity index (χ4v) is 3.07. The van der Waals surface area contributed by atoms with E-state index in [2.05, 4.69) is 33.4 Å². The highest BCUT2D eigenvalue weighted by Gasteiger charge is 2.34. The van der Waals surface area contributed by atoms with E-state index in [0.717, 1.165) is 37.0 Å². The van der Waals surface area contributed by atoms with Crippen LogP contribution in [-0.2, 0) is 9.59 Å². The van der Waals surface area contributed by atoms with E-state index in [4.69, 9.17) is 0 Å².